The minimum Gasteiger partial charge on any atom is -0.392 e. The lowest BCUT2D eigenvalue weighted by Crippen LogP contribution is -2.23. The van der Waals surface area contributed by atoms with Crippen molar-refractivity contribution in [3.8, 4) is 0 Å². The van der Waals surface area contributed by atoms with Crippen LogP contribution in [0, 0.1) is 0 Å². The highest BCUT2D eigenvalue weighted by atomic mass is 79.9. The molecule has 1 rings (SSSR count). The van der Waals surface area contributed by atoms with Crippen molar-refractivity contribution in [3.63, 3.8) is 0 Å². The molecule has 2 N–H and O–H groups in total. The molecule has 0 saturated heterocycles. The Balaban J connectivity index is 2.47. The summed E-state index contributed by atoms with van der Waals surface area (Å²) in [5, 5.41) is 12.2. The van der Waals surface area contributed by atoms with Crippen LogP contribution in [-0.2, 0) is 6.54 Å². The van der Waals surface area contributed by atoms with E-state index in [1.807, 2.05) is 12.1 Å². The Morgan fingerprint density at radius 2 is 2.07 bits per heavy atom. The molecule has 0 unspecified atom stereocenters. The van der Waals surface area contributed by atoms with Crippen LogP contribution in [-0.4, -0.2) is 17.8 Å². The van der Waals surface area contributed by atoms with E-state index >= 15 is 0 Å². The first-order chi connectivity index (χ1) is 6.59. The summed E-state index contributed by atoms with van der Waals surface area (Å²) in [6.45, 7) is 3.16. The molecule has 0 aliphatic rings. The van der Waals surface area contributed by atoms with Gasteiger partial charge in [-0.15, -0.1) is 0 Å². The maximum Gasteiger partial charge on any atom is 0.0636 e. The second kappa shape index (κ2) is 5.85. The zero-order valence-corrected chi connectivity index (χ0v) is 11.1. The lowest BCUT2D eigenvalue weighted by atomic mass is 10.2. The largest absolute Gasteiger partial charge is 0.392 e. The van der Waals surface area contributed by atoms with Gasteiger partial charge < -0.3 is 10.4 Å². The topological polar surface area (TPSA) is 32.3 Å². The zero-order chi connectivity index (χ0) is 10.6. The molecule has 0 aromatic heterocycles. The zero-order valence-electron chi connectivity index (χ0n) is 7.93. The highest BCUT2D eigenvalue weighted by Crippen LogP contribution is 2.23. The third-order valence-electron chi connectivity index (χ3n) is 1.75. The third kappa shape index (κ3) is 4.09. The molecule has 0 radical (unpaired) electrons. The van der Waals surface area contributed by atoms with E-state index in [2.05, 4.69) is 43.2 Å². The first kappa shape index (κ1) is 12.2. The van der Waals surface area contributed by atoms with Gasteiger partial charge in [-0.2, -0.15) is 0 Å². The molecular weight excluding hydrogens is 310 g/mol. The smallest absolute Gasteiger partial charge is 0.0636 e. The maximum atomic E-state index is 9.05. The molecule has 0 heterocycles. The molecule has 0 amide bonds. The summed E-state index contributed by atoms with van der Waals surface area (Å²) in [5.41, 5.74) is 1.20. The van der Waals surface area contributed by atoms with Gasteiger partial charge in [0.2, 0.25) is 0 Å². The van der Waals surface area contributed by atoms with E-state index in [0.29, 0.717) is 6.54 Å². The average Bonchev–Trinajstić information content (AvgIpc) is 2.10. The fourth-order valence-electron chi connectivity index (χ4n) is 1.07. The molecule has 14 heavy (non-hydrogen) atoms. The Bertz CT molecular complexity index is 302. The van der Waals surface area contributed by atoms with Gasteiger partial charge in [-0.1, -0.05) is 6.07 Å². The van der Waals surface area contributed by atoms with E-state index in [1.165, 1.54) is 5.56 Å². The van der Waals surface area contributed by atoms with Crippen LogP contribution >= 0.6 is 31.9 Å². The number of aliphatic hydroxyl groups excluding tert-OH is 1. The summed E-state index contributed by atoms with van der Waals surface area (Å²) in [4.78, 5) is 0. The van der Waals surface area contributed by atoms with E-state index in [0.717, 1.165) is 15.5 Å². The third-order valence-corrected chi connectivity index (χ3v) is 3.63. The number of halogens is 2. The van der Waals surface area contributed by atoms with Crippen LogP contribution in [0.5, 0.6) is 0 Å². The van der Waals surface area contributed by atoms with Crippen LogP contribution in [0.2, 0.25) is 0 Å². The minimum atomic E-state index is -0.297. The predicted molar refractivity (Wildman–Crippen MR) is 65.2 cm³/mol. The molecule has 78 valence electrons. The monoisotopic (exact) mass is 321 g/mol. The van der Waals surface area contributed by atoms with Gasteiger partial charge in [0.25, 0.3) is 0 Å². The van der Waals surface area contributed by atoms with Gasteiger partial charge in [0.15, 0.2) is 0 Å². The van der Waals surface area contributed by atoms with E-state index < -0.39 is 0 Å². The van der Waals surface area contributed by atoms with Crippen LogP contribution in [0.1, 0.15) is 12.5 Å². The van der Waals surface area contributed by atoms with Gasteiger partial charge in [0.05, 0.1) is 6.10 Å². The van der Waals surface area contributed by atoms with Crippen LogP contribution in [0.3, 0.4) is 0 Å². The van der Waals surface area contributed by atoms with Gasteiger partial charge in [-0.3, -0.25) is 0 Å². The Morgan fingerprint density at radius 1 is 1.36 bits per heavy atom. The Hall–Kier alpha value is 0.1000. The quantitative estimate of drug-likeness (QED) is 0.893. The highest BCUT2D eigenvalue weighted by molar-refractivity contribution is 9.13. The lowest BCUT2D eigenvalue weighted by Gasteiger charge is -2.07. The van der Waals surface area contributed by atoms with Crippen molar-refractivity contribution < 1.29 is 5.11 Å². The average molecular weight is 323 g/mol. The summed E-state index contributed by atoms with van der Waals surface area (Å²) >= 11 is 6.86. The van der Waals surface area contributed by atoms with Crippen molar-refractivity contribution in [2.75, 3.05) is 6.54 Å². The van der Waals surface area contributed by atoms with Crippen LogP contribution < -0.4 is 5.32 Å². The highest BCUT2D eigenvalue weighted by Gasteiger charge is 1.99. The predicted octanol–water partition coefficient (Wildman–Crippen LogP) is 2.68. The molecule has 0 aliphatic carbocycles. The normalized spacial score (nSPS) is 12.9. The minimum absolute atomic E-state index is 0.297. The SMILES string of the molecule is C[C@H](O)CNCc1ccc(Br)c(Br)c1. The van der Waals surface area contributed by atoms with Crippen molar-refractivity contribution >= 4 is 31.9 Å². The van der Waals surface area contributed by atoms with Crippen molar-refractivity contribution in [2.24, 2.45) is 0 Å². The van der Waals surface area contributed by atoms with Gasteiger partial charge in [0.1, 0.15) is 0 Å². The molecule has 0 spiro atoms. The molecule has 1 atom stereocenters. The van der Waals surface area contributed by atoms with Gasteiger partial charge in [0, 0.05) is 22.0 Å². The Morgan fingerprint density at radius 3 is 2.64 bits per heavy atom. The molecule has 0 bridgehead atoms. The molecule has 4 heteroatoms. The number of hydrogen-bond donors (Lipinski definition) is 2. The number of benzene rings is 1. The second-order valence-corrected chi connectivity index (χ2v) is 4.94. The number of aliphatic hydroxyl groups is 1. The summed E-state index contributed by atoms with van der Waals surface area (Å²) in [5.74, 6) is 0. The van der Waals surface area contributed by atoms with Crippen molar-refractivity contribution in [1.29, 1.82) is 0 Å². The molecule has 1 aromatic rings. The maximum absolute atomic E-state index is 9.05. The molecule has 0 fully saturated rings. The standard InChI is InChI=1S/C10H13Br2NO/c1-7(14)5-13-6-8-2-3-9(11)10(12)4-8/h2-4,7,13-14H,5-6H2,1H3/t7-/m0/s1. The molecule has 2 nitrogen and oxygen atoms in total. The fourth-order valence-corrected chi connectivity index (χ4v) is 1.75. The second-order valence-electron chi connectivity index (χ2n) is 3.23. The van der Waals surface area contributed by atoms with E-state index in [4.69, 9.17) is 5.11 Å². The van der Waals surface area contributed by atoms with Gasteiger partial charge >= 0.3 is 0 Å². The summed E-state index contributed by atoms with van der Waals surface area (Å²) in [6, 6.07) is 6.10. The Kier molecular flexibility index (Phi) is 5.09. The molecule has 0 aliphatic heterocycles. The number of hydrogen-bond acceptors (Lipinski definition) is 2. The fraction of sp³-hybridized carbons (Fsp3) is 0.400. The van der Waals surface area contributed by atoms with E-state index in [9.17, 15) is 0 Å². The molecule has 1 aromatic carbocycles. The van der Waals surface area contributed by atoms with Crippen LogP contribution in [0.15, 0.2) is 27.1 Å². The van der Waals surface area contributed by atoms with Gasteiger partial charge in [-0.05, 0) is 56.5 Å². The number of rotatable bonds is 4. The van der Waals surface area contributed by atoms with E-state index in [1.54, 1.807) is 6.92 Å². The van der Waals surface area contributed by atoms with Crippen LogP contribution in [0.25, 0.3) is 0 Å². The lowest BCUT2D eigenvalue weighted by molar-refractivity contribution is 0.191. The van der Waals surface area contributed by atoms with Crippen molar-refractivity contribution in [2.45, 2.75) is 19.6 Å². The number of nitrogens with one attached hydrogen (secondary N) is 1. The molecular formula is C10H13Br2NO. The van der Waals surface area contributed by atoms with Gasteiger partial charge in [-0.25, -0.2) is 0 Å². The molecule has 0 saturated carbocycles. The van der Waals surface area contributed by atoms with E-state index in [-0.39, 0.29) is 6.10 Å². The summed E-state index contributed by atoms with van der Waals surface area (Å²) < 4.78 is 2.10. The summed E-state index contributed by atoms with van der Waals surface area (Å²) in [7, 11) is 0. The Labute approximate surface area is 101 Å². The first-order valence-electron chi connectivity index (χ1n) is 4.42. The van der Waals surface area contributed by atoms with Crippen LogP contribution in [0.4, 0.5) is 0 Å². The summed E-state index contributed by atoms with van der Waals surface area (Å²) in [6.07, 6.45) is -0.297. The first-order valence-corrected chi connectivity index (χ1v) is 6.01. The van der Waals surface area contributed by atoms with Crippen molar-refractivity contribution in [1.82, 2.24) is 5.32 Å². The van der Waals surface area contributed by atoms with Crippen molar-refractivity contribution in [3.05, 3.63) is 32.7 Å².